The first-order valence-corrected chi connectivity index (χ1v) is 12.5. The number of alkyl halides is 2. The van der Waals surface area contributed by atoms with Crippen LogP contribution in [0.5, 0.6) is 0 Å². The number of nitro benzene ring substituents is 1. The maximum absolute atomic E-state index is 14.8. The molecule has 32 heavy (non-hydrogen) atoms. The molecule has 0 bridgehead atoms. The predicted octanol–water partition coefficient (Wildman–Crippen LogP) is 3.71. The number of sulfonamides is 1. The van der Waals surface area contributed by atoms with Gasteiger partial charge in [0.1, 0.15) is 6.04 Å². The zero-order valence-electron chi connectivity index (χ0n) is 18.4. The third kappa shape index (κ3) is 6.00. The zero-order valence-corrected chi connectivity index (χ0v) is 19.2. The van der Waals surface area contributed by atoms with Gasteiger partial charge in [0.25, 0.3) is 11.6 Å². The number of nitro groups is 1. The second-order valence-corrected chi connectivity index (χ2v) is 10.6. The normalized spacial score (nSPS) is 27.2. The minimum absolute atomic E-state index is 0.205. The van der Waals surface area contributed by atoms with Gasteiger partial charge in [-0.3, -0.25) is 10.1 Å². The van der Waals surface area contributed by atoms with Crippen LogP contribution in [0.4, 0.5) is 14.5 Å². The Morgan fingerprint density at radius 3 is 2.47 bits per heavy atom. The highest BCUT2D eigenvalue weighted by Gasteiger charge is 2.50. The molecule has 1 aromatic carbocycles. The molecule has 2 fully saturated rings. The first-order valence-electron chi connectivity index (χ1n) is 11.0. The van der Waals surface area contributed by atoms with Gasteiger partial charge in [-0.15, -0.1) is 0 Å². The van der Waals surface area contributed by atoms with Gasteiger partial charge in [0.15, 0.2) is 0 Å². The molecule has 8 nitrogen and oxygen atoms in total. The quantitative estimate of drug-likeness (QED) is 0.477. The number of likely N-dealkylation sites (tertiary alicyclic amines) is 1. The number of nitrogens with one attached hydrogen (secondary N) is 1. The number of hydrogen-bond acceptors (Lipinski definition) is 6. The van der Waals surface area contributed by atoms with Crippen molar-refractivity contribution >= 4 is 15.7 Å². The van der Waals surface area contributed by atoms with Gasteiger partial charge >= 0.3 is 0 Å². The highest BCUT2D eigenvalue weighted by Crippen LogP contribution is 2.37. The molecular weight excluding hydrogens is 444 g/mol. The SMILES string of the molecule is CC(C)N1CCC[C@@H](O[C@H]2CCCC(F)(F)[C@@H]2NS(=O)(=O)c2ccc([N+](=O)[O-])cc2)CC1. The van der Waals surface area contributed by atoms with E-state index < -0.39 is 39.4 Å². The Morgan fingerprint density at radius 1 is 1.16 bits per heavy atom. The Hall–Kier alpha value is -1.69. The molecule has 11 heteroatoms. The second-order valence-electron chi connectivity index (χ2n) is 8.86. The van der Waals surface area contributed by atoms with Crippen LogP contribution in [0, 0.1) is 10.1 Å². The summed E-state index contributed by atoms with van der Waals surface area (Å²) in [6.07, 6.45) is 1.37. The number of halogens is 2. The van der Waals surface area contributed by atoms with E-state index in [-0.39, 0.29) is 23.1 Å². The van der Waals surface area contributed by atoms with Crippen LogP contribution in [0.15, 0.2) is 29.2 Å². The Labute approximate surface area is 187 Å². The van der Waals surface area contributed by atoms with E-state index in [2.05, 4.69) is 23.5 Å². The molecule has 0 amide bonds. The van der Waals surface area contributed by atoms with Crippen molar-refractivity contribution in [2.24, 2.45) is 0 Å². The van der Waals surface area contributed by atoms with Crippen molar-refractivity contribution in [2.75, 3.05) is 13.1 Å². The van der Waals surface area contributed by atoms with Crippen molar-refractivity contribution in [3.05, 3.63) is 34.4 Å². The standard InChI is InChI=1S/C21H31F2N3O5S/c1-15(2)25-13-4-5-17(11-14-25)31-19-6-3-12-21(22,23)20(19)24-32(29,30)18-9-7-16(8-10-18)26(27)28/h7-10,15,17,19-20,24H,3-6,11-14H2,1-2H3/t17-,19+,20-/m1/s1. The van der Waals surface area contributed by atoms with Gasteiger partial charge in [-0.1, -0.05) is 0 Å². The highest BCUT2D eigenvalue weighted by atomic mass is 32.2. The molecule has 3 atom stereocenters. The molecule has 1 saturated heterocycles. The smallest absolute Gasteiger partial charge is 0.269 e. The van der Waals surface area contributed by atoms with Crippen molar-refractivity contribution < 1.29 is 26.9 Å². The molecule has 1 heterocycles. The van der Waals surface area contributed by atoms with Crippen LogP contribution in [0.25, 0.3) is 0 Å². The summed E-state index contributed by atoms with van der Waals surface area (Å²) in [5.41, 5.74) is -0.281. The predicted molar refractivity (Wildman–Crippen MR) is 115 cm³/mol. The summed E-state index contributed by atoms with van der Waals surface area (Å²) in [5, 5.41) is 10.8. The van der Waals surface area contributed by atoms with E-state index in [1.807, 2.05) is 0 Å². The summed E-state index contributed by atoms with van der Waals surface area (Å²) in [4.78, 5) is 12.2. The third-order valence-electron chi connectivity index (χ3n) is 6.27. The van der Waals surface area contributed by atoms with Crippen LogP contribution in [-0.2, 0) is 14.8 Å². The van der Waals surface area contributed by atoms with E-state index in [0.717, 1.165) is 50.2 Å². The minimum atomic E-state index is -4.32. The average Bonchev–Trinajstić information content (AvgIpc) is 2.96. The minimum Gasteiger partial charge on any atom is -0.373 e. The summed E-state index contributed by atoms with van der Waals surface area (Å²) < 4.78 is 63.5. The number of hydrogen-bond donors (Lipinski definition) is 1. The van der Waals surface area contributed by atoms with Gasteiger partial charge in [0, 0.05) is 31.1 Å². The molecule has 0 aromatic heterocycles. The summed E-state index contributed by atoms with van der Waals surface area (Å²) in [6, 6.07) is 2.86. The summed E-state index contributed by atoms with van der Waals surface area (Å²) in [7, 11) is -4.32. The fourth-order valence-electron chi connectivity index (χ4n) is 4.41. The number of nitrogens with zero attached hydrogens (tertiary/aromatic N) is 2. The molecule has 180 valence electrons. The van der Waals surface area contributed by atoms with Crippen LogP contribution in [0.1, 0.15) is 52.4 Å². The molecule has 0 radical (unpaired) electrons. The topological polar surface area (TPSA) is 102 Å². The molecule has 0 unspecified atom stereocenters. The maximum Gasteiger partial charge on any atom is 0.269 e. The summed E-state index contributed by atoms with van der Waals surface area (Å²) in [6.45, 7) is 5.97. The summed E-state index contributed by atoms with van der Waals surface area (Å²) in [5.74, 6) is -3.26. The molecular formula is C21H31F2N3O5S. The van der Waals surface area contributed by atoms with Crippen LogP contribution in [0.3, 0.4) is 0 Å². The summed E-state index contributed by atoms with van der Waals surface area (Å²) >= 11 is 0. The highest BCUT2D eigenvalue weighted by molar-refractivity contribution is 7.89. The average molecular weight is 476 g/mol. The molecule has 2 aliphatic rings. The zero-order chi connectivity index (χ0) is 23.5. The van der Waals surface area contributed by atoms with Crippen LogP contribution in [-0.4, -0.2) is 61.5 Å². The van der Waals surface area contributed by atoms with E-state index >= 15 is 0 Å². The van der Waals surface area contributed by atoms with E-state index in [1.54, 1.807) is 0 Å². The maximum atomic E-state index is 14.8. The van der Waals surface area contributed by atoms with E-state index in [9.17, 15) is 27.3 Å². The lowest BCUT2D eigenvalue weighted by Crippen LogP contribution is -2.58. The van der Waals surface area contributed by atoms with Gasteiger partial charge in [-0.05, 0) is 64.6 Å². The van der Waals surface area contributed by atoms with E-state index in [4.69, 9.17) is 4.74 Å². The fraction of sp³-hybridized carbons (Fsp3) is 0.714. The van der Waals surface area contributed by atoms with Crippen LogP contribution >= 0.6 is 0 Å². The van der Waals surface area contributed by atoms with Crippen molar-refractivity contribution in [2.45, 2.75) is 87.5 Å². The van der Waals surface area contributed by atoms with Gasteiger partial charge in [0.2, 0.25) is 10.0 Å². The Kier molecular flexibility index (Phi) is 7.85. The Bertz CT molecular complexity index is 895. The number of ether oxygens (including phenoxy) is 1. The number of rotatable bonds is 7. The first-order chi connectivity index (χ1) is 15.0. The lowest BCUT2D eigenvalue weighted by molar-refractivity contribution is -0.384. The van der Waals surface area contributed by atoms with Crippen LogP contribution in [0.2, 0.25) is 0 Å². The number of benzene rings is 1. The monoisotopic (exact) mass is 475 g/mol. The third-order valence-corrected chi connectivity index (χ3v) is 7.73. The number of non-ortho nitro benzene ring substituents is 1. The van der Waals surface area contributed by atoms with Crippen LogP contribution < -0.4 is 4.72 Å². The molecule has 1 saturated carbocycles. The second kappa shape index (κ2) is 10.1. The van der Waals surface area contributed by atoms with Crippen molar-refractivity contribution in [3.63, 3.8) is 0 Å². The van der Waals surface area contributed by atoms with Gasteiger partial charge in [0.05, 0.1) is 22.0 Å². The molecule has 1 aromatic rings. The largest absolute Gasteiger partial charge is 0.373 e. The Balaban J connectivity index is 1.75. The lowest BCUT2D eigenvalue weighted by atomic mass is 9.89. The molecule has 1 aliphatic heterocycles. The van der Waals surface area contributed by atoms with Crippen molar-refractivity contribution in [1.29, 1.82) is 0 Å². The lowest BCUT2D eigenvalue weighted by Gasteiger charge is -2.39. The van der Waals surface area contributed by atoms with Gasteiger partial charge < -0.3 is 9.64 Å². The van der Waals surface area contributed by atoms with Crippen molar-refractivity contribution in [1.82, 2.24) is 9.62 Å². The molecule has 1 aliphatic carbocycles. The van der Waals surface area contributed by atoms with Gasteiger partial charge in [-0.25, -0.2) is 17.2 Å². The van der Waals surface area contributed by atoms with Crippen molar-refractivity contribution in [3.8, 4) is 0 Å². The fourth-order valence-corrected chi connectivity index (χ4v) is 5.70. The van der Waals surface area contributed by atoms with E-state index in [1.165, 1.54) is 0 Å². The first kappa shape index (κ1) is 24.9. The van der Waals surface area contributed by atoms with E-state index in [0.29, 0.717) is 18.9 Å². The molecule has 0 spiro atoms. The Morgan fingerprint density at radius 2 is 1.84 bits per heavy atom. The molecule has 1 N–H and O–H groups in total. The molecule has 3 rings (SSSR count). The van der Waals surface area contributed by atoms with Gasteiger partial charge in [-0.2, -0.15) is 4.72 Å².